The van der Waals surface area contributed by atoms with E-state index < -0.39 is 11.8 Å². The third-order valence-electron chi connectivity index (χ3n) is 4.86. The van der Waals surface area contributed by atoms with Gasteiger partial charge in [0.05, 0.1) is 15.7 Å². The summed E-state index contributed by atoms with van der Waals surface area (Å²) in [5, 5.41) is 0. The van der Waals surface area contributed by atoms with E-state index in [9.17, 15) is 9.18 Å². The van der Waals surface area contributed by atoms with Gasteiger partial charge < -0.3 is 14.2 Å². The van der Waals surface area contributed by atoms with E-state index >= 15 is 0 Å². The maximum atomic E-state index is 14.0. The highest BCUT2D eigenvalue weighted by atomic mass is 127. The zero-order chi connectivity index (χ0) is 23.4. The lowest BCUT2D eigenvalue weighted by Crippen LogP contribution is -2.07. The van der Waals surface area contributed by atoms with Gasteiger partial charge in [0.15, 0.2) is 17.2 Å². The first-order valence-electron chi connectivity index (χ1n) is 10.4. The van der Waals surface area contributed by atoms with Crippen LogP contribution in [0.3, 0.4) is 0 Å². The van der Waals surface area contributed by atoms with Crippen molar-refractivity contribution in [2.24, 2.45) is 4.99 Å². The summed E-state index contributed by atoms with van der Waals surface area (Å²) >= 11 is 2.17. The van der Waals surface area contributed by atoms with Crippen LogP contribution in [0.4, 0.5) is 4.39 Å². The quantitative estimate of drug-likeness (QED) is 0.201. The first kappa shape index (κ1) is 23.0. The highest BCUT2D eigenvalue weighted by Gasteiger charge is 2.26. The first-order chi connectivity index (χ1) is 15.9. The molecule has 5 nitrogen and oxygen atoms in total. The van der Waals surface area contributed by atoms with Gasteiger partial charge in [0.1, 0.15) is 12.4 Å². The number of cyclic esters (lactones) is 1. The summed E-state index contributed by atoms with van der Waals surface area (Å²) in [6.07, 6.45) is 1.59. The van der Waals surface area contributed by atoms with Crippen LogP contribution < -0.4 is 9.47 Å². The summed E-state index contributed by atoms with van der Waals surface area (Å²) in [7, 11) is 0. The molecule has 1 aliphatic rings. The average Bonchev–Trinajstić information content (AvgIpc) is 3.15. The van der Waals surface area contributed by atoms with Crippen LogP contribution in [0.2, 0.25) is 0 Å². The zero-order valence-electron chi connectivity index (χ0n) is 18.1. The van der Waals surface area contributed by atoms with Gasteiger partial charge in [-0.3, -0.25) is 0 Å². The van der Waals surface area contributed by atoms with Gasteiger partial charge in [-0.1, -0.05) is 42.0 Å². The van der Waals surface area contributed by atoms with Crippen molar-refractivity contribution in [3.05, 3.63) is 98.0 Å². The van der Waals surface area contributed by atoms with E-state index in [0.29, 0.717) is 30.3 Å². The van der Waals surface area contributed by atoms with Crippen molar-refractivity contribution in [3.63, 3.8) is 0 Å². The number of benzene rings is 3. The second-order valence-electron chi connectivity index (χ2n) is 7.35. The zero-order valence-corrected chi connectivity index (χ0v) is 20.3. The fraction of sp³-hybridized carbons (Fsp3) is 0.154. The molecule has 0 N–H and O–H groups in total. The molecule has 0 saturated heterocycles. The van der Waals surface area contributed by atoms with Gasteiger partial charge in [0.2, 0.25) is 5.90 Å². The standard InChI is InChI=1S/C26H21FINO4/c1-3-31-23-14-18(12-21(28)24(23)32-15-17-10-8-16(2)9-11-17)13-22-26(30)33-25(29-22)19-6-4-5-7-20(19)27/h4-14H,3,15H2,1-2H3/b22-13-. The van der Waals surface area contributed by atoms with Crippen LogP contribution in [0.25, 0.3) is 6.08 Å². The predicted molar refractivity (Wildman–Crippen MR) is 133 cm³/mol. The van der Waals surface area contributed by atoms with Gasteiger partial charge in [-0.25, -0.2) is 14.2 Å². The fourth-order valence-corrected chi connectivity index (χ4v) is 4.01. The molecule has 0 saturated carbocycles. The molecule has 0 unspecified atom stereocenters. The number of ether oxygens (including phenoxy) is 3. The molecule has 168 valence electrons. The average molecular weight is 557 g/mol. The molecular formula is C26H21FINO4. The maximum Gasteiger partial charge on any atom is 0.363 e. The Morgan fingerprint density at radius 2 is 1.85 bits per heavy atom. The lowest BCUT2D eigenvalue weighted by molar-refractivity contribution is -0.129. The Kier molecular flexibility index (Phi) is 7.08. The number of rotatable bonds is 7. The van der Waals surface area contributed by atoms with Crippen LogP contribution in [-0.4, -0.2) is 18.5 Å². The molecule has 1 aliphatic heterocycles. The van der Waals surface area contributed by atoms with Gasteiger partial charge in [0.25, 0.3) is 0 Å². The Bertz CT molecular complexity index is 1250. The van der Waals surface area contributed by atoms with Crippen LogP contribution in [-0.2, 0) is 16.1 Å². The summed E-state index contributed by atoms with van der Waals surface area (Å²) in [6.45, 7) is 4.78. The highest BCUT2D eigenvalue weighted by molar-refractivity contribution is 14.1. The minimum Gasteiger partial charge on any atom is -0.490 e. The normalized spacial score (nSPS) is 14.2. The molecule has 0 spiro atoms. The Hall–Kier alpha value is -3.20. The van der Waals surface area contributed by atoms with E-state index in [1.165, 1.54) is 17.7 Å². The molecule has 0 atom stereocenters. The topological polar surface area (TPSA) is 57.1 Å². The van der Waals surface area contributed by atoms with Crippen molar-refractivity contribution in [2.75, 3.05) is 6.61 Å². The number of hydrogen-bond acceptors (Lipinski definition) is 5. The molecule has 0 aromatic heterocycles. The summed E-state index contributed by atoms with van der Waals surface area (Å²) in [5.41, 5.74) is 3.15. The van der Waals surface area contributed by atoms with Crippen molar-refractivity contribution >= 4 is 40.5 Å². The minimum atomic E-state index is -0.638. The maximum absolute atomic E-state index is 14.0. The van der Waals surface area contributed by atoms with Crippen molar-refractivity contribution in [1.29, 1.82) is 0 Å². The van der Waals surface area contributed by atoms with Crippen molar-refractivity contribution in [3.8, 4) is 11.5 Å². The van der Waals surface area contributed by atoms with E-state index in [2.05, 4.69) is 27.6 Å². The Morgan fingerprint density at radius 3 is 2.58 bits per heavy atom. The first-order valence-corrected chi connectivity index (χ1v) is 11.4. The lowest BCUT2D eigenvalue weighted by atomic mass is 10.1. The van der Waals surface area contributed by atoms with Gasteiger partial charge in [-0.2, -0.15) is 0 Å². The number of aryl methyl sites for hydroxylation is 1. The van der Waals surface area contributed by atoms with Gasteiger partial charge in [-0.15, -0.1) is 0 Å². The molecule has 1 heterocycles. The number of hydrogen-bond donors (Lipinski definition) is 0. The molecule has 3 aromatic carbocycles. The Morgan fingerprint density at radius 1 is 1.09 bits per heavy atom. The van der Waals surface area contributed by atoms with E-state index in [1.807, 2.05) is 44.2 Å². The molecule has 0 radical (unpaired) electrons. The fourth-order valence-electron chi connectivity index (χ4n) is 3.23. The largest absolute Gasteiger partial charge is 0.490 e. The predicted octanol–water partition coefficient (Wildman–Crippen LogP) is 6.06. The minimum absolute atomic E-state index is 0.0536. The number of aliphatic imine (C=N–C) groups is 1. The smallest absolute Gasteiger partial charge is 0.363 e. The Balaban J connectivity index is 1.61. The van der Waals surface area contributed by atoms with E-state index in [0.717, 1.165) is 9.13 Å². The molecule has 3 aromatic rings. The van der Waals surface area contributed by atoms with Crippen LogP contribution in [0.5, 0.6) is 11.5 Å². The SMILES string of the molecule is CCOc1cc(/C=C2\N=C(c3ccccc3F)OC2=O)cc(I)c1OCc1ccc(C)cc1. The lowest BCUT2D eigenvalue weighted by Gasteiger charge is -2.15. The second kappa shape index (κ2) is 10.2. The molecule has 33 heavy (non-hydrogen) atoms. The molecular weight excluding hydrogens is 536 g/mol. The monoisotopic (exact) mass is 557 g/mol. The summed E-state index contributed by atoms with van der Waals surface area (Å²) in [4.78, 5) is 16.5. The van der Waals surface area contributed by atoms with Crippen LogP contribution in [0.1, 0.15) is 29.2 Å². The number of esters is 1. The number of carbonyl (C=O) groups is 1. The Labute approximate surface area is 205 Å². The van der Waals surface area contributed by atoms with E-state index in [1.54, 1.807) is 24.3 Å². The molecule has 0 aliphatic carbocycles. The van der Waals surface area contributed by atoms with Crippen molar-refractivity contribution in [1.82, 2.24) is 0 Å². The molecule has 0 fully saturated rings. The summed E-state index contributed by atoms with van der Waals surface area (Å²) < 4.78 is 31.9. The van der Waals surface area contributed by atoms with Crippen molar-refractivity contribution < 1.29 is 23.4 Å². The molecule has 7 heteroatoms. The highest BCUT2D eigenvalue weighted by Crippen LogP contribution is 2.36. The van der Waals surface area contributed by atoms with Crippen LogP contribution in [0, 0.1) is 16.3 Å². The molecule has 4 rings (SSSR count). The third kappa shape index (κ3) is 5.42. The van der Waals surface area contributed by atoms with Gasteiger partial charge in [-0.05, 0) is 77.9 Å². The van der Waals surface area contributed by atoms with Gasteiger partial charge in [0, 0.05) is 0 Å². The summed E-state index contributed by atoms with van der Waals surface area (Å²) in [5.74, 6) is -0.00522. The van der Waals surface area contributed by atoms with E-state index in [4.69, 9.17) is 14.2 Å². The number of nitrogens with zero attached hydrogens (tertiary/aromatic N) is 1. The summed E-state index contributed by atoms with van der Waals surface area (Å²) in [6, 6.07) is 17.8. The molecule has 0 amide bonds. The van der Waals surface area contributed by atoms with Crippen molar-refractivity contribution in [2.45, 2.75) is 20.5 Å². The van der Waals surface area contributed by atoms with E-state index in [-0.39, 0.29) is 17.2 Å². The van der Waals surface area contributed by atoms with Crippen LogP contribution in [0.15, 0.2) is 71.4 Å². The second-order valence-corrected chi connectivity index (χ2v) is 8.52. The molecule has 0 bridgehead atoms. The number of halogens is 2. The van der Waals surface area contributed by atoms with Gasteiger partial charge >= 0.3 is 5.97 Å². The number of carbonyl (C=O) groups excluding carboxylic acids is 1. The third-order valence-corrected chi connectivity index (χ3v) is 5.66. The van der Waals surface area contributed by atoms with Crippen LogP contribution >= 0.6 is 22.6 Å².